The third-order valence-corrected chi connectivity index (χ3v) is 5.07. The second-order valence-electron chi connectivity index (χ2n) is 6.49. The topological polar surface area (TPSA) is 48.1 Å². The second kappa shape index (κ2) is 7.36. The van der Waals surface area contributed by atoms with E-state index < -0.39 is 0 Å². The number of anilines is 1. The highest BCUT2D eigenvalue weighted by molar-refractivity contribution is 6.33. The highest BCUT2D eigenvalue weighted by Crippen LogP contribution is 2.29. The van der Waals surface area contributed by atoms with Gasteiger partial charge in [0, 0.05) is 35.8 Å². The molecule has 4 rings (SSSR count). The number of para-hydroxylation sites is 2. The number of fused-ring (bicyclic) bond motifs is 1. The van der Waals surface area contributed by atoms with Crippen molar-refractivity contribution in [2.75, 3.05) is 25.0 Å². The number of halogens is 1. The molecule has 0 spiro atoms. The average molecular weight is 366 g/mol. The number of carbonyl (C=O) groups excluding carboxylic acids is 1. The maximum Gasteiger partial charge on any atom is 0.238 e. The quantitative estimate of drug-likeness (QED) is 0.712. The maximum atomic E-state index is 12.3. The monoisotopic (exact) mass is 365 g/mol. The fourth-order valence-electron chi connectivity index (χ4n) is 3.39. The minimum absolute atomic E-state index is 0.0398. The zero-order valence-electron chi connectivity index (χ0n) is 14.3. The van der Waals surface area contributed by atoms with Gasteiger partial charge in [0.1, 0.15) is 0 Å². The van der Waals surface area contributed by atoms with E-state index in [-0.39, 0.29) is 5.91 Å². The number of H-pyrrole nitrogens is 1. The number of aromatic nitrogens is 1. The number of amides is 1. The van der Waals surface area contributed by atoms with Crippen molar-refractivity contribution in [2.24, 2.45) is 0 Å². The predicted octanol–water partition coefficient (Wildman–Crippen LogP) is 4.55. The van der Waals surface area contributed by atoms with Crippen LogP contribution in [0.1, 0.15) is 12.0 Å². The van der Waals surface area contributed by atoms with Gasteiger partial charge in [-0.2, -0.15) is 0 Å². The van der Waals surface area contributed by atoms with Crippen molar-refractivity contribution < 1.29 is 4.79 Å². The van der Waals surface area contributed by atoms with Gasteiger partial charge in [0.25, 0.3) is 0 Å². The van der Waals surface area contributed by atoms with Crippen LogP contribution in [0.2, 0.25) is 5.02 Å². The van der Waals surface area contributed by atoms with Crippen molar-refractivity contribution in [3.05, 3.63) is 71.4 Å². The molecule has 0 unspecified atom stereocenters. The molecule has 4 nitrogen and oxygen atoms in total. The third-order valence-electron chi connectivity index (χ3n) is 4.74. The fourth-order valence-corrected chi connectivity index (χ4v) is 3.58. The average Bonchev–Trinajstić information content (AvgIpc) is 3.08. The van der Waals surface area contributed by atoms with Crippen LogP contribution in [0.15, 0.2) is 60.8 Å². The summed E-state index contributed by atoms with van der Waals surface area (Å²) >= 11 is 6.09. The molecule has 1 aromatic heterocycles. The molecule has 1 aliphatic rings. The van der Waals surface area contributed by atoms with Crippen LogP contribution in [0.3, 0.4) is 0 Å². The van der Waals surface area contributed by atoms with Crippen LogP contribution in [-0.2, 0) is 4.79 Å². The summed E-state index contributed by atoms with van der Waals surface area (Å²) in [7, 11) is 0. The summed E-state index contributed by atoms with van der Waals surface area (Å²) in [5.74, 6) is -0.0398. The first-order valence-corrected chi connectivity index (χ1v) is 9.11. The number of nitrogens with one attached hydrogen (secondary N) is 2. The molecule has 1 aliphatic heterocycles. The van der Waals surface area contributed by atoms with Crippen LogP contribution in [0.4, 0.5) is 5.69 Å². The normalized spacial score (nSPS) is 15.0. The van der Waals surface area contributed by atoms with Gasteiger partial charge in [0.2, 0.25) is 5.91 Å². The van der Waals surface area contributed by atoms with Crippen LogP contribution in [0, 0.1) is 0 Å². The summed E-state index contributed by atoms with van der Waals surface area (Å²) in [4.78, 5) is 17.8. The van der Waals surface area contributed by atoms with E-state index in [2.05, 4.69) is 45.7 Å². The minimum atomic E-state index is -0.0398. The lowest BCUT2D eigenvalue weighted by molar-refractivity contribution is -0.117. The molecule has 26 heavy (non-hydrogen) atoms. The van der Waals surface area contributed by atoms with E-state index in [1.165, 1.54) is 16.5 Å². The van der Waals surface area contributed by atoms with Crippen LogP contribution >= 0.6 is 11.6 Å². The molecule has 0 fully saturated rings. The molecule has 5 heteroatoms. The van der Waals surface area contributed by atoms with Gasteiger partial charge in [-0.3, -0.25) is 9.69 Å². The Labute approximate surface area is 157 Å². The van der Waals surface area contributed by atoms with Crippen molar-refractivity contribution in [3.8, 4) is 0 Å². The summed E-state index contributed by atoms with van der Waals surface area (Å²) in [5.41, 5.74) is 4.42. The van der Waals surface area contributed by atoms with Gasteiger partial charge in [0.05, 0.1) is 17.3 Å². The first-order chi connectivity index (χ1) is 12.7. The highest BCUT2D eigenvalue weighted by atomic mass is 35.5. The molecule has 0 atom stereocenters. The van der Waals surface area contributed by atoms with Crippen LogP contribution in [-0.4, -0.2) is 35.4 Å². The van der Waals surface area contributed by atoms with Crippen LogP contribution < -0.4 is 5.32 Å². The summed E-state index contributed by atoms with van der Waals surface area (Å²) in [6.45, 7) is 1.99. The van der Waals surface area contributed by atoms with Crippen molar-refractivity contribution in [1.29, 1.82) is 0 Å². The van der Waals surface area contributed by atoms with E-state index in [1.54, 1.807) is 6.07 Å². The van der Waals surface area contributed by atoms with Gasteiger partial charge in [-0.25, -0.2) is 0 Å². The smallest absolute Gasteiger partial charge is 0.238 e. The lowest BCUT2D eigenvalue weighted by Gasteiger charge is -2.25. The van der Waals surface area contributed by atoms with Crippen molar-refractivity contribution in [3.63, 3.8) is 0 Å². The Morgan fingerprint density at radius 3 is 2.77 bits per heavy atom. The first-order valence-electron chi connectivity index (χ1n) is 8.73. The SMILES string of the molecule is O=C(CN1CC=C(c2c[nH]c3ccccc23)CC1)Nc1ccccc1Cl. The first kappa shape index (κ1) is 16.9. The summed E-state index contributed by atoms with van der Waals surface area (Å²) in [6, 6.07) is 15.6. The van der Waals surface area contributed by atoms with Gasteiger partial charge >= 0.3 is 0 Å². The Morgan fingerprint density at radius 2 is 1.96 bits per heavy atom. The molecule has 1 amide bonds. The zero-order chi connectivity index (χ0) is 17.9. The third kappa shape index (κ3) is 3.52. The molecule has 0 bridgehead atoms. The van der Waals surface area contributed by atoms with E-state index in [0.717, 1.165) is 25.0 Å². The summed E-state index contributed by atoms with van der Waals surface area (Å²) < 4.78 is 0. The standard InChI is InChI=1S/C21H20ClN3O/c22-18-6-2-4-8-20(18)24-21(26)14-25-11-9-15(10-12-25)17-13-23-19-7-3-1-5-16(17)19/h1-9,13,23H,10-12,14H2,(H,24,26). The second-order valence-corrected chi connectivity index (χ2v) is 6.90. The van der Waals surface area contributed by atoms with Gasteiger partial charge < -0.3 is 10.3 Å². The van der Waals surface area contributed by atoms with Crippen molar-refractivity contribution in [2.45, 2.75) is 6.42 Å². The number of carbonyl (C=O) groups is 1. The van der Waals surface area contributed by atoms with Gasteiger partial charge in [0.15, 0.2) is 0 Å². The Morgan fingerprint density at radius 1 is 1.15 bits per heavy atom. The number of hydrogen-bond donors (Lipinski definition) is 2. The van der Waals surface area contributed by atoms with Crippen molar-refractivity contribution in [1.82, 2.24) is 9.88 Å². The van der Waals surface area contributed by atoms with Crippen LogP contribution in [0.25, 0.3) is 16.5 Å². The fraction of sp³-hybridized carbons (Fsp3) is 0.190. The van der Waals surface area contributed by atoms with E-state index >= 15 is 0 Å². The largest absolute Gasteiger partial charge is 0.361 e. The predicted molar refractivity (Wildman–Crippen MR) is 107 cm³/mol. The molecule has 0 saturated heterocycles. The molecule has 0 radical (unpaired) electrons. The minimum Gasteiger partial charge on any atom is -0.361 e. The van der Waals surface area contributed by atoms with Gasteiger partial charge in [-0.15, -0.1) is 0 Å². The lowest BCUT2D eigenvalue weighted by atomic mass is 9.99. The molecule has 0 aliphatic carbocycles. The van der Waals surface area contributed by atoms with E-state index in [9.17, 15) is 4.79 Å². The number of rotatable bonds is 4. The molecule has 2 N–H and O–H groups in total. The molecular weight excluding hydrogens is 346 g/mol. The Bertz CT molecular complexity index is 976. The molecule has 2 heterocycles. The van der Waals surface area contributed by atoms with Crippen molar-refractivity contribution >= 4 is 39.7 Å². The maximum absolute atomic E-state index is 12.3. The number of benzene rings is 2. The number of aromatic amines is 1. The molecular formula is C21H20ClN3O. The highest BCUT2D eigenvalue weighted by Gasteiger charge is 2.17. The van der Waals surface area contributed by atoms with Gasteiger partial charge in [-0.05, 0) is 30.2 Å². The Kier molecular flexibility index (Phi) is 4.78. The zero-order valence-corrected chi connectivity index (χ0v) is 15.1. The lowest BCUT2D eigenvalue weighted by Crippen LogP contribution is -2.36. The molecule has 2 aromatic carbocycles. The number of hydrogen-bond acceptors (Lipinski definition) is 2. The van der Waals surface area contributed by atoms with Crippen LogP contribution in [0.5, 0.6) is 0 Å². The Hall–Kier alpha value is -2.56. The molecule has 0 saturated carbocycles. The Balaban J connectivity index is 1.40. The van der Waals surface area contributed by atoms with Gasteiger partial charge in [-0.1, -0.05) is 48.0 Å². The summed E-state index contributed by atoms with van der Waals surface area (Å²) in [6.07, 6.45) is 5.24. The molecule has 132 valence electrons. The summed E-state index contributed by atoms with van der Waals surface area (Å²) in [5, 5.41) is 4.69. The van der Waals surface area contributed by atoms with E-state index in [0.29, 0.717) is 17.3 Å². The van der Waals surface area contributed by atoms with E-state index in [4.69, 9.17) is 11.6 Å². The molecule has 3 aromatic rings. The van der Waals surface area contributed by atoms with E-state index in [1.807, 2.05) is 24.3 Å². The number of nitrogens with zero attached hydrogens (tertiary/aromatic N) is 1.